The summed E-state index contributed by atoms with van der Waals surface area (Å²) in [6.45, 7) is 0.569. The van der Waals surface area contributed by atoms with E-state index in [4.69, 9.17) is 0 Å². The standard InChI is InChI=1S/C14H22N2O4S/c17-13-6-7-14(18)16(13)12-8-15(9-12)21(19,20)10-11-4-2-1-3-5-11/h11-12H,1-10H2. The molecule has 2 amide bonds. The van der Waals surface area contributed by atoms with Gasteiger partial charge in [-0.15, -0.1) is 0 Å². The highest BCUT2D eigenvalue weighted by atomic mass is 32.2. The number of nitrogens with zero attached hydrogens (tertiary/aromatic N) is 2. The molecular formula is C14H22N2O4S. The monoisotopic (exact) mass is 314 g/mol. The SMILES string of the molecule is O=C1CCC(=O)N1C1CN(S(=O)(=O)CC2CCCCC2)C1. The third kappa shape index (κ3) is 2.99. The molecule has 0 unspecified atom stereocenters. The first-order valence-corrected chi connectivity index (χ1v) is 9.41. The molecule has 3 fully saturated rings. The lowest BCUT2D eigenvalue weighted by Gasteiger charge is -2.42. The second kappa shape index (κ2) is 5.68. The fourth-order valence-corrected chi connectivity index (χ4v) is 5.50. The normalized spacial score (nSPS) is 26.4. The zero-order valence-corrected chi connectivity index (χ0v) is 13.0. The van der Waals surface area contributed by atoms with E-state index < -0.39 is 10.0 Å². The van der Waals surface area contributed by atoms with E-state index in [9.17, 15) is 18.0 Å². The van der Waals surface area contributed by atoms with Crippen molar-refractivity contribution in [1.29, 1.82) is 0 Å². The molecule has 0 spiro atoms. The summed E-state index contributed by atoms with van der Waals surface area (Å²) in [5.74, 6) is 0.184. The van der Waals surface area contributed by atoms with Gasteiger partial charge in [-0.2, -0.15) is 4.31 Å². The number of hydrogen-bond acceptors (Lipinski definition) is 4. The van der Waals surface area contributed by atoms with Crippen LogP contribution in [0.25, 0.3) is 0 Å². The minimum absolute atomic E-state index is 0.158. The Hall–Kier alpha value is -0.950. The number of imide groups is 1. The maximum absolute atomic E-state index is 12.3. The summed E-state index contributed by atoms with van der Waals surface area (Å²) in [5, 5.41) is 0. The highest BCUT2D eigenvalue weighted by Crippen LogP contribution is 2.29. The van der Waals surface area contributed by atoms with Gasteiger partial charge >= 0.3 is 0 Å². The lowest BCUT2D eigenvalue weighted by atomic mass is 9.91. The first-order valence-electron chi connectivity index (χ1n) is 7.80. The molecule has 0 atom stereocenters. The molecule has 0 N–H and O–H groups in total. The van der Waals surface area contributed by atoms with E-state index in [-0.39, 0.29) is 55.5 Å². The van der Waals surface area contributed by atoms with Crippen molar-refractivity contribution >= 4 is 21.8 Å². The van der Waals surface area contributed by atoms with Gasteiger partial charge < -0.3 is 0 Å². The van der Waals surface area contributed by atoms with Gasteiger partial charge in [0.05, 0.1) is 11.8 Å². The maximum Gasteiger partial charge on any atom is 0.230 e. The number of likely N-dealkylation sites (tertiary alicyclic amines) is 1. The second-order valence-corrected chi connectivity index (χ2v) is 8.42. The van der Waals surface area contributed by atoms with Crippen LogP contribution in [0.2, 0.25) is 0 Å². The quantitative estimate of drug-likeness (QED) is 0.717. The molecule has 7 heteroatoms. The summed E-state index contributed by atoms with van der Waals surface area (Å²) in [6.07, 6.45) is 5.99. The van der Waals surface area contributed by atoms with Crippen molar-refractivity contribution in [1.82, 2.24) is 9.21 Å². The smallest absolute Gasteiger partial charge is 0.230 e. The molecule has 2 saturated heterocycles. The van der Waals surface area contributed by atoms with E-state index in [2.05, 4.69) is 0 Å². The minimum atomic E-state index is -3.24. The molecule has 0 radical (unpaired) electrons. The summed E-state index contributed by atoms with van der Waals surface area (Å²) in [6, 6.07) is -0.242. The molecule has 21 heavy (non-hydrogen) atoms. The van der Waals surface area contributed by atoms with Gasteiger partial charge in [0.1, 0.15) is 0 Å². The van der Waals surface area contributed by atoms with Crippen molar-refractivity contribution in [3.63, 3.8) is 0 Å². The zero-order chi connectivity index (χ0) is 15.0. The number of amides is 2. The van der Waals surface area contributed by atoms with E-state index in [1.54, 1.807) is 0 Å². The first-order chi connectivity index (χ1) is 9.97. The lowest BCUT2D eigenvalue weighted by Crippen LogP contribution is -2.62. The van der Waals surface area contributed by atoms with Crippen LogP contribution in [0.1, 0.15) is 44.9 Å². The molecule has 1 saturated carbocycles. The Morgan fingerprint density at radius 3 is 2.10 bits per heavy atom. The van der Waals surface area contributed by atoms with Crippen LogP contribution in [0.15, 0.2) is 0 Å². The molecule has 2 heterocycles. The highest BCUT2D eigenvalue weighted by molar-refractivity contribution is 7.89. The number of carbonyl (C=O) groups is 2. The summed E-state index contributed by atoms with van der Waals surface area (Å²) < 4.78 is 26.1. The molecule has 0 aromatic heterocycles. The van der Waals surface area contributed by atoms with Crippen LogP contribution in [0.3, 0.4) is 0 Å². The molecule has 3 aliphatic rings. The Kier molecular flexibility index (Phi) is 4.05. The number of rotatable bonds is 4. The van der Waals surface area contributed by atoms with Crippen LogP contribution >= 0.6 is 0 Å². The summed E-state index contributed by atoms with van der Waals surface area (Å²) in [5.41, 5.74) is 0. The number of sulfonamides is 1. The largest absolute Gasteiger partial charge is 0.277 e. The van der Waals surface area contributed by atoms with E-state index in [0.29, 0.717) is 0 Å². The third-order valence-corrected chi connectivity index (χ3v) is 6.83. The van der Waals surface area contributed by atoms with Gasteiger partial charge in [0.25, 0.3) is 0 Å². The molecule has 0 bridgehead atoms. The zero-order valence-electron chi connectivity index (χ0n) is 12.2. The minimum Gasteiger partial charge on any atom is -0.277 e. The average molecular weight is 314 g/mol. The number of hydrogen-bond donors (Lipinski definition) is 0. The van der Waals surface area contributed by atoms with Crippen molar-refractivity contribution in [2.45, 2.75) is 51.0 Å². The molecule has 118 valence electrons. The van der Waals surface area contributed by atoms with Crippen LogP contribution in [0.4, 0.5) is 0 Å². The summed E-state index contributed by atoms with van der Waals surface area (Å²) in [4.78, 5) is 24.5. The van der Waals surface area contributed by atoms with Crippen LogP contribution < -0.4 is 0 Å². The van der Waals surface area contributed by atoms with Gasteiger partial charge in [-0.1, -0.05) is 19.3 Å². The highest BCUT2D eigenvalue weighted by Gasteiger charge is 2.45. The second-order valence-electron chi connectivity index (χ2n) is 6.41. The molecular weight excluding hydrogens is 292 g/mol. The molecule has 0 aromatic carbocycles. The van der Waals surface area contributed by atoms with Gasteiger partial charge in [-0.05, 0) is 18.8 Å². The Balaban J connectivity index is 1.55. The Morgan fingerprint density at radius 1 is 0.952 bits per heavy atom. The topological polar surface area (TPSA) is 74.8 Å². The van der Waals surface area contributed by atoms with Crippen molar-refractivity contribution in [2.24, 2.45) is 5.92 Å². The maximum atomic E-state index is 12.3. The van der Waals surface area contributed by atoms with Gasteiger partial charge in [0.15, 0.2) is 0 Å². The lowest BCUT2D eigenvalue weighted by molar-refractivity contribution is -0.143. The van der Waals surface area contributed by atoms with Gasteiger partial charge in [0.2, 0.25) is 21.8 Å². The Bertz CT molecular complexity index is 517. The van der Waals surface area contributed by atoms with Crippen molar-refractivity contribution in [3.8, 4) is 0 Å². The van der Waals surface area contributed by atoms with E-state index in [0.717, 1.165) is 25.7 Å². The number of carbonyl (C=O) groups excluding carboxylic acids is 2. The first kappa shape index (κ1) is 15.0. The molecule has 1 aliphatic carbocycles. The average Bonchev–Trinajstić information content (AvgIpc) is 2.69. The van der Waals surface area contributed by atoms with Crippen LogP contribution in [0, 0.1) is 5.92 Å². The predicted octanol–water partition coefficient (Wildman–Crippen LogP) is 0.730. The van der Waals surface area contributed by atoms with Gasteiger partial charge in [-0.25, -0.2) is 8.42 Å². The Labute approximate surface area is 125 Å². The molecule has 6 nitrogen and oxygen atoms in total. The molecule has 3 rings (SSSR count). The fraction of sp³-hybridized carbons (Fsp3) is 0.857. The van der Waals surface area contributed by atoms with Crippen LogP contribution in [-0.4, -0.2) is 54.3 Å². The third-order valence-electron chi connectivity index (χ3n) is 4.85. The van der Waals surface area contributed by atoms with Gasteiger partial charge in [-0.3, -0.25) is 14.5 Å². The van der Waals surface area contributed by atoms with Crippen molar-refractivity contribution in [3.05, 3.63) is 0 Å². The molecule has 0 aromatic rings. The Morgan fingerprint density at radius 2 is 1.52 bits per heavy atom. The van der Waals surface area contributed by atoms with Crippen LogP contribution in [-0.2, 0) is 19.6 Å². The van der Waals surface area contributed by atoms with E-state index in [1.807, 2.05) is 0 Å². The van der Waals surface area contributed by atoms with Crippen molar-refractivity contribution in [2.75, 3.05) is 18.8 Å². The molecule has 2 aliphatic heterocycles. The fourth-order valence-electron chi connectivity index (χ4n) is 3.57. The summed E-state index contributed by atoms with van der Waals surface area (Å²) >= 11 is 0. The van der Waals surface area contributed by atoms with E-state index >= 15 is 0 Å². The van der Waals surface area contributed by atoms with Crippen molar-refractivity contribution < 1.29 is 18.0 Å². The van der Waals surface area contributed by atoms with E-state index in [1.165, 1.54) is 15.6 Å². The van der Waals surface area contributed by atoms with Gasteiger partial charge in [0, 0.05) is 25.9 Å². The summed E-state index contributed by atoms with van der Waals surface area (Å²) in [7, 11) is -3.24. The van der Waals surface area contributed by atoms with Crippen LogP contribution in [0.5, 0.6) is 0 Å². The predicted molar refractivity (Wildman–Crippen MR) is 76.8 cm³/mol.